The maximum Gasteiger partial charge on any atom is 0.460 e. The molecular weight excluding hydrogens is 617 g/mol. The van der Waals surface area contributed by atoms with Crippen LogP contribution in [0.4, 0.5) is 62.8 Å². The van der Waals surface area contributed by atoms with E-state index in [0.29, 0.717) is 12.1 Å². The molecule has 0 radical (unpaired) electrons. The fraction of sp³-hybridized carbons (Fsp3) is 0.333. The predicted octanol–water partition coefficient (Wildman–Crippen LogP) is 8.50. The molecule has 0 saturated carbocycles. The Hall–Kier alpha value is -3.69. The number of hydrogen-bond acceptors (Lipinski definition) is 3. The van der Waals surface area contributed by atoms with Crippen LogP contribution in [0, 0.1) is 0 Å². The topological polar surface area (TPSA) is 41.5 Å². The fourth-order valence-corrected chi connectivity index (χ4v) is 3.81. The Balaban J connectivity index is 2.00. The lowest BCUT2D eigenvalue weighted by Crippen LogP contribution is -2.50. The van der Waals surface area contributed by atoms with Crippen molar-refractivity contribution in [2.75, 3.05) is 11.9 Å². The molecule has 0 heterocycles. The van der Waals surface area contributed by atoms with E-state index in [-0.39, 0.29) is 28.1 Å². The zero-order chi connectivity index (χ0) is 32.4. The van der Waals surface area contributed by atoms with E-state index in [1.165, 1.54) is 24.3 Å². The van der Waals surface area contributed by atoms with Crippen molar-refractivity contribution in [3.8, 4) is 5.75 Å². The van der Waals surface area contributed by atoms with Crippen molar-refractivity contribution in [2.45, 2.75) is 49.5 Å². The van der Waals surface area contributed by atoms with E-state index < -0.39 is 67.2 Å². The summed E-state index contributed by atoms with van der Waals surface area (Å²) in [5.41, 5.74) is -3.35. The van der Waals surface area contributed by atoms with E-state index in [1.807, 2.05) is 0 Å². The Kier molecular flexibility index (Phi) is 9.54. The SMILES string of the molecule is OC(CNc1cccc(OCc2cccc(C(F)(F)F)c2)c1Cc1cccc(C(F)(F)C(F)(F)C(F)(F)F)c1)C(F)(F)F. The quantitative estimate of drug-likeness (QED) is 0.219. The third-order valence-corrected chi connectivity index (χ3v) is 6.07. The van der Waals surface area contributed by atoms with Crippen LogP contribution in [0.15, 0.2) is 66.7 Å². The Morgan fingerprint density at radius 3 is 1.84 bits per heavy atom. The lowest BCUT2D eigenvalue weighted by atomic mass is 9.96. The van der Waals surface area contributed by atoms with Crippen molar-refractivity contribution >= 4 is 5.69 Å². The van der Waals surface area contributed by atoms with E-state index in [1.54, 1.807) is 0 Å². The number of rotatable bonds is 10. The number of aliphatic hydroxyl groups is 1. The summed E-state index contributed by atoms with van der Waals surface area (Å²) in [6.45, 7) is -1.65. The highest BCUT2D eigenvalue weighted by Gasteiger charge is 2.73. The highest BCUT2D eigenvalue weighted by molar-refractivity contribution is 5.59. The van der Waals surface area contributed by atoms with Gasteiger partial charge in [0.1, 0.15) is 12.4 Å². The lowest BCUT2D eigenvalue weighted by Gasteiger charge is -2.28. The molecule has 1 unspecified atom stereocenters. The van der Waals surface area contributed by atoms with Gasteiger partial charge in [0, 0.05) is 29.8 Å². The molecule has 3 nitrogen and oxygen atoms in total. The predicted molar refractivity (Wildman–Crippen MR) is 127 cm³/mol. The summed E-state index contributed by atoms with van der Waals surface area (Å²) in [5, 5.41) is 11.6. The van der Waals surface area contributed by atoms with Crippen molar-refractivity contribution in [1.29, 1.82) is 0 Å². The van der Waals surface area contributed by atoms with Crippen LogP contribution in [-0.4, -0.2) is 36.0 Å². The maximum atomic E-state index is 14.3. The molecule has 2 N–H and O–H groups in total. The van der Waals surface area contributed by atoms with Crippen molar-refractivity contribution in [2.24, 2.45) is 0 Å². The molecule has 0 aromatic heterocycles. The van der Waals surface area contributed by atoms with Crippen molar-refractivity contribution < 1.29 is 66.9 Å². The van der Waals surface area contributed by atoms with Crippen LogP contribution in [0.5, 0.6) is 5.75 Å². The van der Waals surface area contributed by atoms with Crippen LogP contribution < -0.4 is 10.1 Å². The molecule has 1 atom stereocenters. The van der Waals surface area contributed by atoms with E-state index in [2.05, 4.69) is 5.32 Å². The number of aliphatic hydroxyl groups excluding tert-OH is 1. The summed E-state index contributed by atoms with van der Waals surface area (Å²) in [4.78, 5) is 0. The minimum atomic E-state index is -6.60. The van der Waals surface area contributed by atoms with Crippen LogP contribution in [-0.2, 0) is 25.1 Å². The van der Waals surface area contributed by atoms with Crippen molar-refractivity contribution in [1.82, 2.24) is 0 Å². The molecule has 3 aromatic rings. The first-order valence-corrected chi connectivity index (χ1v) is 12.0. The number of ether oxygens (including phenoxy) is 1. The van der Waals surface area contributed by atoms with Gasteiger partial charge in [-0.05, 0) is 41.5 Å². The number of benzene rings is 3. The van der Waals surface area contributed by atoms with Crippen LogP contribution in [0.1, 0.15) is 27.8 Å². The van der Waals surface area contributed by atoms with Gasteiger partial charge in [0.25, 0.3) is 0 Å². The van der Waals surface area contributed by atoms with E-state index in [9.17, 15) is 62.2 Å². The number of nitrogens with one attached hydrogen (secondary N) is 1. The summed E-state index contributed by atoms with van der Waals surface area (Å²) in [6.07, 6.45) is -19.8. The van der Waals surface area contributed by atoms with E-state index in [0.717, 1.165) is 30.3 Å². The monoisotopic (exact) mass is 637 g/mol. The summed E-state index contributed by atoms with van der Waals surface area (Å²) >= 11 is 0. The highest BCUT2D eigenvalue weighted by Crippen LogP contribution is 2.52. The van der Waals surface area contributed by atoms with Gasteiger partial charge >= 0.3 is 30.4 Å². The Bertz CT molecular complexity index is 1400. The van der Waals surface area contributed by atoms with Gasteiger partial charge in [-0.3, -0.25) is 0 Å². The number of alkyl halides is 13. The summed E-state index contributed by atoms with van der Waals surface area (Å²) in [7, 11) is 0. The van der Waals surface area contributed by atoms with Crippen LogP contribution in [0.25, 0.3) is 0 Å². The van der Waals surface area contributed by atoms with E-state index in [4.69, 9.17) is 4.74 Å². The van der Waals surface area contributed by atoms with Gasteiger partial charge in [0.15, 0.2) is 6.10 Å². The van der Waals surface area contributed by atoms with Gasteiger partial charge in [-0.1, -0.05) is 36.4 Å². The second-order valence-corrected chi connectivity index (χ2v) is 9.23. The summed E-state index contributed by atoms with van der Waals surface area (Å²) in [5.74, 6) is -12.4. The molecule has 16 heteroatoms. The van der Waals surface area contributed by atoms with Crippen LogP contribution in [0.2, 0.25) is 0 Å². The minimum Gasteiger partial charge on any atom is -0.489 e. The van der Waals surface area contributed by atoms with Gasteiger partial charge in [-0.15, -0.1) is 0 Å². The minimum absolute atomic E-state index is 0.00246. The average molecular weight is 637 g/mol. The Morgan fingerprint density at radius 2 is 1.26 bits per heavy atom. The molecule has 0 fully saturated rings. The largest absolute Gasteiger partial charge is 0.489 e. The smallest absolute Gasteiger partial charge is 0.460 e. The zero-order valence-electron chi connectivity index (χ0n) is 21.3. The van der Waals surface area contributed by atoms with Gasteiger partial charge in [0.05, 0.1) is 5.56 Å². The van der Waals surface area contributed by atoms with Gasteiger partial charge in [0.2, 0.25) is 0 Å². The summed E-state index contributed by atoms with van der Waals surface area (Å²) in [6, 6.07) is 10.0. The molecule has 0 saturated heterocycles. The first-order valence-electron chi connectivity index (χ1n) is 12.0. The number of hydrogen-bond donors (Lipinski definition) is 2. The van der Waals surface area contributed by atoms with E-state index >= 15 is 0 Å². The Labute approximate surface area is 234 Å². The number of halogens is 13. The van der Waals surface area contributed by atoms with Gasteiger partial charge < -0.3 is 15.2 Å². The molecule has 3 rings (SSSR count). The van der Waals surface area contributed by atoms with Crippen LogP contribution in [0.3, 0.4) is 0 Å². The third-order valence-electron chi connectivity index (χ3n) is 6.07. The Morgan fingerprint density at radius 1 is 0.698 bits per heavy atom. The molecule has 236 valence electrons. The molecule has 0 aliphatic rings. The molecular formula is C27H20F13NO2. The highest BCUT2D eigenvalue weighted by atomic mass is 19.4. The van der Waals surface area contributed by atoms with Crippen LogP contribution >= 0.6 is 0 Å². The molecule has 0 aliphatic heterocycles. The zero-order valence-corrected chi connectivity index (χ0v) is 21.3. The third kappa shape index (κ3) is 7.83. The first-order chi connectivity index (χ1) is 19.6. The summed E-state index contributed by atoms with van der Waals surface area (Å²) < 4.78 is 177. The molecule has 0 spiro atoms. The second-order valence-electron chi connectivity index (χ2n) is 9.23. The number of anilines is 1. The molecule has 3 aromatic carbocycles. The average Bonchev–Trinajstić information content (AvgIpc) is 2.90. The first kappa shape index (κ1) is 33.8. The maximum absolute atomic E-state index is 14.3. The van der Waals surface area contributed by atoms with Crippen molar-refractivity contribution in [3.05, 3.63) is 94.5 Å². The molecule has 0 bridgehead atoms. The normalized spacial score (nSPS) is 14.0. The molecule has 43 heavy (non-hydrogen) atoms. The standard InChI is InChI=1S/C27H20F13NO2/c28-23(29,26(36,37)27(38,39)40)17-6-1-4-15(10-17)12-19-20(41-13-22(42)25(33,34)35)8-3-9-21(19)43-14-16-5-2-7-18(11-16)24(30,31)32/h1-11,22,41-42H,12-14H2. The lowest BCUT2D eigenvalue weighted by molar-refractivity contribution is -0.359. The van der Waals surface area contributed by atoms with Gasteiger partial charge in [-0.25, -0.2) is 0 Å². The fourth-order valence-electron chi connectivity index (χ4n) is 3.81. The molecule has 0 amide bonds. The van der Waals surface area contributed by atoms with Gasteiger partial charge in [-0.2, -0.15) is 57.1 Å². The van der Waals surface area contributed by atoms with Crippen molar-refractivity contribution in [3.63, 3.8) is 0 Å². The molecule has 0 aliphatic carbocycles. The second kappa shape index (κ2) is 12.1.